The number of carbonyl (C=O) groups is 1. The largest absolute Gasteiger partial charge is 0.345 e. The minimum absolute atomic E-state index is 0.120. The van der Waals surface area contributed by atoms with Gasteiger partial charge in [-0.1, -0.05) is 23.7 Å². The van der Waals surface area contributed by atoms with Crippen LogP contribution < -0.4 is 10.2 Å². The van der Waals surface area contributed by atoms with Crippen LogP contribution in [0.5, 0.6) is 0 Å². The summed E-state index contributed by atoms with van der Waals surface area (Å²) in [6.45, 7) is 5.77. The van der Waals surface area contributed by atoms with Crippen molar-refractivity contribution in [1.29, 1.82) is 0 Å². The molecule has 1 unspecified atom stereocenters. The maximum absolute atomic E-state index is 12.6. The maximum atomic E-state index is 12.6. The number of aryl methyl sites for hydroxylation is 1. The fraction of sp³-hybridized carbons (Fsp3) is 0.421. The van der Waals surface area contributed by atoms with Gasteiger partial charge in [0, 0.05) is 24.3 Å². The predicted octanol–water partition coefficient (Wildman–Crippen LogP) is 3.92. The van der Waals surface area contributed by atoms with Gasteiger partial charge in [0.2, 0.25) is 5.95 Å². The van der Waals surface area contributed by atoms with E-state index in [0.29, 0.717) is 16.3 Å². The zero-order chi connectivity index (χ0) is 17.8. The van der Waals surface area contributed by atoms with Crippen LogP contribution >= 0.6 is 11.6 Å². The van der Waals surface area contributed by atoms with Gasteiger partial charge in [-0.3, -0.25) is 4.79 Å². The van der Waals surface area contributed by atoms with Crippen molar-refractivity contribution in [2.45, 2.75) is 39.2 Å². The molecule has 25 heavy (non-hydrogen) atoms. The Morgan fingerprint density at radius 2 is 1.88 bits per heavy atom. The van der Waals surface area contributed by atoms with Gasteiger partial charge >= 0.3 is 0 Å². The van der Waals surface area contributed by atoms with Crippen molar-refractivity contribution in [3.63, 3.8) is 0 Å². The zero-order valence-corrected chi connectivity index (χ0v) is 15.4. The lowest BCUT2D eigenvalue weighted by Crippen LogP contribution is -2.32. The molecule has 1 aliphatic heterocycles. The lowest BCUT2D eigenvalue weighted by Gasteiger charge is -2.27. The van der Waals surface area contributed by atoms with E-state index < -0.39 is 0 Å². The molecule has 1 atom stereocenters. The van der Waals surface area contributed by atoms with Crippen LogP contribution in [0.4, 0.5) is 5.95 Å². The second-order valence-electron chi connectivity index (χ2n) is 6.46. The third-order valence-corrected chi connectivity index (χ3v) is 4.82. The van der Waals surface area contributed by atoms with Crippen molar-refractivity contribution in [2.75, 3.05) is 18.0 Å². The summed E-state index contributed by atoms with van der Waals surface area (Å²) in [6.07, 6.45) is 5.24. The van der Waals surface area contributed by atoms with Crippen LogP contribution in [0.1, 0.15) is 53.8 Å². The first kappa shape index (κ1) is 17.7. The lowest BCUT2D eigenvalue weighted by atomic mass is 10.1. The van der Waals surface area contributed by atoms with Gasteiger partial charge in [0.25, 0.3) is 5.91 Å². The van der Waals surface area contributed by atoms with E-state index in [9.17, 15) is 4.79 Å². The van der Waals surface area contributed by atoms with Crippen molar-refractivity contribution in [1.82, 2.24) is 15.3 Å². The highest BCUT2D eigenvalue weighted by atomic mass is 35.5. The van der Waals surface area contributed by atoms with Gasteiger partial charge in [-0.15, -0.1) is 0 Å². The first-order chi connectivity index (χ1) is 12.0. The first-order valence-electron chi connectivity index (χ1n) is 8.69. The number of carbonyl (C=O) groups excluding carboxylic acids is 1. The van der Waals surface area contributed by atoms with E-state index in [1.165, 1.54) is 19.3 Å². The highest BCUT2D eigenvalue weighted by Crippen LogP contribution is 2.19. The predicted molar refractivity (Wildman–Crippen MR) is 100 cm³/mol. The van der Waals surface area contributed by atoms with Crippen LogP contribution in [-0.2, 0) is 0 Å². The Hall–Kier alpha value is -2.14. The molecule has 1 aromatic heterocycles. The van der Waals surface area contributed by atoms with Crippen molar-refractivity contribution in [2.24, 2.45) is 0 Å². The summed E-state index contributed by atoms with van der Waals surface area (Å²) in [5.74, 6) is 0.560. The third-order valence-electron chi connectivity index (χ3n) is 4.57. The molecule has 5 nitrogen and oxygen atoms in total. The molecule has 1 saturated heterocycles. The molecule has 1 aliphatic rings. The topological polar surface area (TPSA) is 58.1 Å². The fourth-order valence-electron chi connectivity index (χ4n) is 3.03. The molecule has 1 aromatic carbocycles. The number of halogens is 1. The standard InChI is InChI=1S/C19H23ClN4O/c1-13(15-6-8-16(20)9-7-15)22-18(25)17-12-21-19(23-14(17)2)24-10-4-3-5-11-24/h6-9,12-13H,3-5,10-11H2,1-2H3,(H,22,25). The van der Waals surface area contributed by atoms with E-state index in [1.54, 1.807) is 6.20 Å². The van der Waals surface area contributed by atoms with Gasteiger partial charge in [0.1, 0.15) is 0 Å². The van der Waals surface area contributed by atoms with E-state index in [-0.39, 0.29) is 11.9 Å². The fourth-order valence-corrected chi connectivity index (χ4v) is 3.16. The summed E-state index contributed by atoms with van der Waals surface area (Å²) < 4.78 is 0. The van der Waals surface area contributed by atoms with E-state index in [1.807, 2.05) is 38.1 Å². The summed E-state index contributed by atoms with van der Waals surface area (Å²) in [5.41, 5.74) is 2.22. The monoisotopic (exact) mass is 358 g/mol. The number of anilines is 1. The molecule has 0 aliphatic carbocycles. The number of benzene rings is 1. The van der Waals surface area contributed by atoms with Gasteiger partial charge in [-0.25, -0.2) is 9.97 Å². The van der Waals surface area contributed by atoms with E-state index in [2.05, 4.69) is 20.2 Å². The molecule has 2 heterocycles. The van der Waals surface area contributed by atoms with Gasteiger partial charge in [-0.05, 0) is 50.8 Å². The molecular formula is C19H23ClN4O. The van der Waals surface area contributed by atoms with Crippen molar-refractivity contribution in [3.8, 4) is 0 Å². The zero-order valence-electron chi connectivity index (χ0n) is 14.6. The number of rotatable bonds is 4. The van der Waals surface area contributed by atoms with Gasteiger partial charge in [0.05, 0.1) is 17.3 Å². The molecule has 2 aromatic rings. The van der Waals surface area contributed by atoms with Crippen LogP contribution in [0.2, 0.25) is 5.02 Å². The number of hydrogen-bond donors (Lipinski definition) is 1. The molecule has 3 rings (SSSR count). The highest BCUT2D eigenvalue weighted by Gasteiger charge is 2.18. The second kappa shape index (κ2) is 7.83. The summed E-state index contributed by atoms with van der Waals surface area (Å²) in [4.78, 5) is 23.7. The summed E-state index contributed by atoms with van der Waals surface area (Å²) in [6, 6.07) is 7.35. The number of hydrogen-bond acceptors (Lipinski definition) is 4. The summed E-state index contributed by atoms with van der Waals surface area (Å²) in [7, 11) is 0. The Balaban J connectivity index is 1.70. The quantitative estimate of drug-likeness (QED) is 0.899. The Bertz CT molecular complexity index is 742. The van der Waals surface area contributed by atoms with E-state index in [0.717, 1.165) is 24.6 Å². The lowest BCUT2D eigenvalue weighted by molar-refractivity contribution is 0.0938. The summed E-state index contributed by atoms with van der Waals surface area (Å²) >= 11 is 5.91. The first-order valence-corrected chi connectivity index (χ1v) is 9.07. The number of nitrogens with one attached hydrogen (secondary N) is 1. The number of aromatic nitrogens is 2. The molecule has 132 valence electrons. The van der Waals surface area contributed by atoms with Crippen molar-refractivity contribution in [3.05, 3.63) is 52.3 Å². The molecule has 0 bridgehead atoms. The Labute approximate surface area is 153 Å². The van der Waals surface area contributed by atoms with E-state index >= 15 is 0 Å². The number of piperidine rings is 1. The second-order valence-corrected chi connectivity index (χ2v) is 6.90. The molecule has 0 radical (unpaired) electrons. The molecular weight excluding hydrogens is 336 g/mol. The van der Waals surface area contributed by atoms with Gasteiger partial charge < -0.3 is 10.2 Å². The Morgan fingerprint density at radius 3 is 2.52 bits per heavy atom. The van der Waals surface area contributed by atoms with Crippen molar-refractivity contribution >= 4 is 23.5 Å². The van der Waals surface area contributed by atoms with Crippen LogP contribution in [0.15, 0.2) is 30.5 Å². The van der Waals surface area contributed by atoms with Gasteiger partial charge in [-0.2, -0.15) is 0 Å². The average molecular weight is 359 g/mol. The van der Waals surface area contributed by atoms with Crippen molar-refractivity contribution < 1.29 is 4.79 Å². The normalized spacial score (nSPS) is 15.7. The van der Waals surface area contributed by atoms with Crippen LogP contribution in [0, 0.1) is 6.92 Å². The van der Waals surface area contributed by atoms with Crippen LogP contribution in [0.3, 0.4) is 0 Å². The highest BCUT2D eigenvalue weighted by molar-refractivity contribution is 6.30. The van der Waals surface area contributed by atoms with Crippen LogP contribution in [0.25, 0.3) is 0 Å². The smallest absolute Gasteiger partial charge is 0.255 e. The molecule has 1 fully saturated rings. The molecule has 0 spiro atoms. The SMILES string of the molecule is Cc1nc(N2CCCCC2)ncc1C(=O)NC(C)c1ccc(Cl)cc1. The number of amides is 1. The minimum Gasteiger partial charge on any atom is -0.345 e. The molecule has 0 saturated carbocycles. The maximum Gasteiger partial charge on any atom is 0.255 e. The molecule has 1 amide bonds. The van der Waals surface area contributed by atoms with Gasteiger partial charge in [0.15, 0.2) is 0 Å². The Morgan fingerprint density at radius 1 is 1.20 bits per heavy atom. The number of nitrogens with zero attached hydrogens (tertiary/aromatic N) is 3. The third kappa shape index (κ3) is 4.28. The van der Waals surface area contributed by atoms with E-state index in [4.69, 9.17) is 11.6 Å². The average Bonchev–Trinajstić information content (AvgIpc) is 2.62. The van der Waals surface area contributed by atoms with Crippen LogP contribution in [-0.4, -0.2) is 29.0 Å². The summed E-state index contributed by atoms with van der Waals surface area (Å²) in [5, 5.41) is 3.68. The Kier molecular flexibility index (Phi) is 5.53. The molecule has 1 N–H and O–H groups in total. The molecule has 6 heteroatoms. The minimum atomic E-state index is -0.162.